The third kappa shape index (κ3) is 3.96. The molecule has 0 saturated heterocycles. The lowest BCUT2D eigenvalue weighted by Gasteiger charge is -2.20. The second-order valence-electron chi connectivity index (χ2n) is 4.31. The minimum absolute atomic E-state index is 0.205. The molecule has 100 valence electrons. The van der Waals surface area contributed by atoms with E-state index in [4.69, 9.17) is 0 Å². The zero-order valence-corrected chi connectivity index (χ0v) is 12.3. The summed E-state index contributed by atoms with van der Waals surface area (Å²) in [7, 11) is 1.95. The Labute approximate surface area is 121 Å². The van der Waals surface area contributed by atoms with Crippen LogP contribution in [0.1, 0.15) is 0 Å². The summed E-state index contributed by atoms with van der Waals surface area (Å²) in [6.45, 7) is 1.58. The van der Waals surface area contributed by atoms with E-state index in [1.165, 1.54) is 6.07 Å². The Morgan fingerprint density at radius 2 is 1.95 bits per heavy atom. The molecule has 0 aliphatic heterocycles. The number of anilines is 2. The van der Waals surface area contributed by atoms with Crippen molar-refractivity contribution in [3.05, 3.63) is 58.8 Å². The summed E-state index contributed by atoms with van der Waals surface area (Å²) in [5, 5.41) is 3.35. The standard InChI is InChI=1S/C15H16BrFN2/c1-19(13-6-4-5-12(17)11-13)10-9-18-15-8-3-2-7-14(15)16/h2-8,11,18H,9-10H2,1H3. The SMILES string of the molecule is CN(CCNc1ccccc1Br)c1cccc(F)c1. The Morgan fingerprint density at radius 1 is 1.16 bits per heavy atom. The first-order chi connectivity index (χ1) is 9.16. The Balaban J connectivity index is 1.88. The third-order valence-corrected chi connectivity index (χ3v) is 3.58. The normalized spacial score (nSPS) is 10.3. The summed E-state index contributed by atoms with van der Waals surface area (Å²) >= 11 is 3.49. The van der Waals surface area contributed by atoms with Gasteiger partial charge < -0.3 is 10.2 Å². The van der Waals surface area contributed by atoms with Crippen molar-refractivity contribution in [3.63, 3.8) is 0 Å². The van der Waals surface area contributed by atoms with E-state index in [9.17, 15) is 4.39 Å². The number of para-hydroxylation sites is 1. The van der Waals surface area contributed by atoms with Gasteiger partial charge in [0.1, 0.15) is 5.82 Å². The molecule has 0 unspecified atom stereocenters. The van der Waals surface area contributed by atoms with E-state index < -0.39 is 0 Å². The zero-order valence-electron chi connectivity index (χ0n) is 10.7. The van der Waals surface area contributed by atoms with Gasteiger partial charge in [0.05, 0.1) is 0 Å². The van der Waals surface area contributed by atoms with Crippen LogP contribution in [0.4, 0.5) is 15.8 Å². The fourth-order valence-corrected chi connectivity index (χ4v) is 2.23. The Hall–Kier alpha value is -1.55. The molecule has 0 heterocycles. The topological polar surface area (TPSA) is 15.3 Å². The highest BCUT2D eigenvalue weighted by atomic mass is 79.9. The molecule has 0 atom stereocenters. The molecule has 0 saturated carbocycles. The Bertz CT molecular complexity index is 545. The van der Waals surface area contributed by atoms with E-state index in [0.717, 1.165) is 28.9 Å². The molecule has 2 nitrogen and oxygen atoms in total. The first-order valence-electron chi connectivity index (χ1n) is 6.12. The molecule has 2 aromatic carbocycles. The molecule has 0 aliphatic carbocycles. The van der Waals surface area contributed by atoms with Crippen LogP contribution in [-0.4, -0.2) is 20.1 Å². The predicted octanol–water partition coefficient (Wildman–Crippen LogP) is 4.14. The summed E-state index contributed by atoms with van der Waals surface area (Å²) < 4.78 is 14.2. The van der Waals surface area contributed by atoms with E-state index in [2.05, 4.69) is 21.2 Å². The third-order valence-electron chi connectivity index (χ3n) is 2.89. The molecule has 2 aromatic rings. The van der Waals surface area contributed by atoms with E-state index in [1.807, 2.05) is 42.3 Å². The smallest absolute Gasteiger partial charge is 0.125 e. The van der Waals surface area contributed by atoms with Crippen molar-refractivity contribution in [2.75, 3.05) is 30.4 Å². The van der Waals surface area contributed by atoms with Gasteiger partial charge in [-0.15, -0.1) is 0 Å². The van der Waals surface area contributed by atoms with Gasteiger partial charge in [-0.3, -0.25) is 0 Å². The number of likely N-dealkylation sites (N-methyl/N-ethyl adjacent to an activating group) is 1. The summed E-state index contributed by atoms with van der Waals surface area (Å²) in [4.78, 5) is 2.02. The highest BCUT2D eigenvalue weighted by molar-refractivity contribution is 9.10. The average Bonchev–Trinajstić information content (AvgIpc) is 2.41. The van der Waals surface area contributed by atoms with Crippen LogP contribution < -0.4 is 10.2 Å². The lowest BCUT2D eigenvalue weighted by Crippen LogP contribution is -2.24. The van der Waals surface area contributed by atoms with Gasteiger partial charge >= 0.3 is 0 Å². The van der Waals surface area contributed by atoms with E-state index >= 15 is 0 Å². The van der Waals surface area contributed by atoms with Crippen LogP contribution in [0.25, 0.3) is 0 Å². The van der Waals surface area contributed by atoms with Gasteiger partial charge in [0.2, 0.25) is 0 Å². The molecule has 0 spiro atoms. The molecule has 0 aliphatic rings. The van der Waals surface area contributed by atoms with Gasteiger partial charge in [-0.25, -0.2) is 4.39 Å². The van der Waals surface area contributed by atoms with Crippen LogP contribution in [0.2, 0.25) is 0 Å². The van der Waals surface area contributed by atoms with Crippen LogP contribution >= 0.6 is 15.9 Å². The zero-order chi connectivity index (χ0) is 13.7. The van der Waals surface area contributed by atoms with Gasteiger partial charge in [0, 0.05) is 36.0 Å². The van der Waals surface area contributed by atoms with Crippen LogP contribution in [0.5, 0.6) is 0 Å². The Kier molecular flexibility index (Phi) is 4.80. The second kappa shape index (κ2) is 6.57. The van der Waals surface area contributed by atoms with Gasteiger partial charge in [-0.1, -0.05) is 18.2 Å². The van der Waals surface area contributed by atoms with Gasteiger partial charge in [-0.2, -0.15) is 0 Å². The van der Waals surface area contributed by atoms with Crippen LogP contribution in [0, 0.1) is 5.82 Å². The van der Waals surface area contributed by atoms with Gasteiger partial charge in [-0.05, 0) is 46.3 Å². The van der Waals surface area contributed by atoms with Crippen molar-refractivity contribution >= 4 is 27.3 Å². The van der Waals surface area contributed by atoms with Crippen molar-refractivity contribution in [1.29, 1.82) is 0 Å². The largest absolute Gasteiger partial charge is 0.382 e. The fraction of sp³-hybridized carbons (Fsp3) is 0.200. The molecule has 0 aromatic heterocycles. The number of hydrogen-bond donors (Lipinski definition) is 1. The molecule has 19 heavy (non-hydrogen) atoms. The number of hydrogen-bond acceptors (Lipinski definition) is 2. The maximum Gasteiger partial charge on any atom is 0.125 e. The minimum atomic E-state index is -0.205. The van der Waals surface area contributed by atoms with Crippen molar-refractivity contribution < 1.29 is 4.39 Å². The number of rotatable bonds is 5. The number of nitrogens with one attached hydrogen (secondary N) is 1. The van der Waals surface area contributed by atoms with Crippen molar-refractivity contribution in [2.45, 2.75) is 0 Å². The van der Waals surface area contributed by atoms with Crippen molar-refractivity contribution in [1.82, 2.24) is 0 Å². The van der Waals surface area contributed by atoms with Crippen molar-refractivity contribution in [2.24, 2.45) is 0 Å². The maximum absolute atomic E-state index is 13.1. The lowest BCUT2D eigenvalue weighted by atomic mass is 10.3. The quantitative estimate of drug-likeness (QED) is 0.890. The van der Waals surface area contributed by atoms with Gasteiger partial charge in [0.15, 0.2) is 0 Å². The van der Waals surface area contributed by atoms with E-state index in [0.29, 0.717) is 0 Å². The maximum atomic E-state index is 13.1. The summed E-state index contributed by atoms with van der Waals surface area (Å²) in [6, 6.07) is 14.6. The van der Waals surface area contributed by atoms with E-state index in [-0.39, 0.29) is 5.82 Å². The van der Waals surface area contributed by atoms with E-state index in [1.54, 1.807) is 12.1 Å². The highest BCUT2D eigenvalue weighted by Gasteiger charge is 2.02. The van der Waals surface area contributed by atoms with Crippen LogP contribution in [0.3, 0.4) is 0 Å². The number of halogens is 2. The molecule has 4 heteroatoms. The van der Waals surface area contributed by atoms with Crippen LogP contribution in [-0.2, 0) is 0 Å². The second-order valence-corrected chi connectivity index (χ2v) is 5.16. The molecular formula is C15H16BrFN2. The van der Waals surface area contributed by atoms with Crippen molar-refractivity contribution in [3.8, 4) is 0 Å². The molecule has 1 N–H and O–H groups in total. The van der Waals surface area contributed by atoms with Crippen LogP contribution in [0.15, 0.2) is 53.0 Å². The van der Waals surface area contributed by atoms with Gasteiger partial charge in [0.25, 0.3) is 0 Å². The molecule has 0 radical (unpaired) electrons. The number of benzene rings is 2. The summed E-state index contributed by atoms with van der Waals surface area (Å²) in [5.74, 6) is -0.205. The monoisotopic (exact) mass is 322 g/mol. The molecule has 2 rings (SSSR count). The highest BCUT2D eigenvalue weighted by Crippen LogP contribution is 2.21. The number of nitrogens with zero attached hydrogens (tertiary/aromatic N) is 1. The molecule has 0 fully saturated rings. The average molecular weight is 323 g/mol. The molecule has 0 amide bonds. The fourth-order valence-electron chi connectivity index (χ4n) is 1.81. The predicted molar refractivity (Wildman–Crippen MR) is 82.3 cm³/mol. The lowest BCUT2D eigenvalue weighted by molar-refractivity contribution is 0.627. The molecule has 0 bridgehead atoms. The first-order valence-corrected chi connectivity index (χ1v) is 6.91. The Morgan fingerprint density at radius 3 is 2.68 bits per heavy atom. The minimum Gasteiger partial charge on any atom is -0.382 e. The first kappa shape index (κ1) is 13.9. The molecular weight excluding hydrogens is 307 g/mol. The summed E-state index contributed by atoms with van der Waals surface area (Å²) in [6.07, 6.45) is 0. The summed E-state index contributed by atoms with van der Waals surface area (Å²) in [5.41, 5.74) is 1.95.